The highest BCUT2D eigenvalue weighted by molar-refractivity contribution is 7.90. The maximum absolute atomic E-state index is 13.8. The first-order chi connectivity index (χ1) is 8.97. The van der Waals surface area contributed by atoms with E-state index in [9.17, 15) is 12.8 Å². The van der Waals surface area contributed by atoms with E-state index in [0.29, 0.717) is 0 Å². The zero-order valence-corrected chi connectivity index (χ0v) is 11.3. The third-order valence-electron chi connectivity index (χ3n) is 3.58. The van der Waals surface area contributed by atoms with Gasteiger partial charge in [-0.25, -0.2) is 22.3 Å². The normalized spacial score (nSPS) is 17.4. The van der Waals surface area contributed by atoms with Crippen molar-refractivity contribution in [2.75, 3.05) is 6.26 Å². The van der Waals surface area contributed by atoms with Gasteiger partial charge in [0.2, 0.25) is 9.84 Å². The van der Waals surface area contributed by atoms with Crippen molar-refractivity contribution in [1.29, 1.82) is 0 Å². The summed E-state index contributed by atoms with van der Waals surface area (Å²) >= 11 is 0. The quantitative estimate of drug-likeness (QED) is 0.844. The molecule has 19 heavy (non-hydrogen) atoms. The smallest absolute Gasteiger partial charge is 0.230 e. The molecule has 1 aliphatic rings. The molecule has 0 spiro atoms. The number of halogens is 1. The summed E-state index contributed by atoms with van der Waals surface area (Å²) in [5.41, 5.74) is 0.978. The van der Waals surface area contributed by atoms with E-state index < -0.39 is 15.7 Å². The minimum absolute atomic E-state index is 0.231. The zero-order chi connectivity index (χ0) is 13.6. The average Bonchev–Trinajstić information content (AvgIpc) is 2.96. The van der Waals surface area contributed by atoms with Crippen molar-refractivity contribution in [3.05, 3.63) is 23.8 Å². The first-order valence-corrected chi connectivity index (χ1v) is 8.10. The van der Waals surface area contributed by atoms with E-state index >= 15 is 0 Å². The second kappa shape index (κ2) is 4.26. The molecule has 3 rings (SSSR count). The van der Waals surface area contributed by atoms with Crippen LogP contribution in [0.1, 0.15) is 37.3 Å². The number of rotatable bonds is 2. The topological polar surface area (TPSA) is 64.3 Å². The highest BCUT2D eigenvalue weighted by Crippen LogP contribution is 2.35. The number of sulfone groups is 1. The Morgan fingerprint density at radius 3 is 2.68 bits per heavy atom. The maximum Gasteiger partial charge on any atom is 0.265 e. The van der Waals surface area contributed by atoms with Crippen LogP contribution in [0.3, 0.4) is 0 Å². The van der Waals surface area contributed by atoms with Crippen LogP contribution < -0.4 is 0 Å². The molecule has 0 amide bonds. The van der Waals surface area contributed by atoms with Crippen molar-refractivity contribution in [2.45, 2.75) is 36.8 Å². The van der Waals surface area contributed by atoms with E-state index in [4.69, 9.17) is 0 Å². The molecule has 0 radical (unpaired) electrons. The molecule has 2 heterocycles. The van der Waals surface area contributed by atoms with Crippen LogP contribution in [0, 0.1) is 5.82 Å². The Balaban J connectivity index is 2.22. The first kappa shape index (κ1) is 12.5. The fourth-order valence-electron chi connectivity index (χ4n) is 2.64. The maximum atomic E-state index is 13.8. The van der Waals surface area contributed by atoms with Crippen LogP contribution >= 0.6 is 0 Å². The SMILES string of the molecule is CS(=O)(=O)c1ncc2c(F)cc(C3CCCC3)n2n1. The van der Waals surface area contributed by atoms with Gasteiger partial charge >= 0.3 is 0 Å². The second-order valence-electron chi connectivity index (χ2n) is 5.01. The van der Waals surface area contributed by atoms with Crippen molar-refractivity contribution in [1.82, 2.24) is 14.6 Å². The van der Waals surface area contributed by atoms with Gasteiger partial charge in [-0.3, -0.25) is 0 Å². The molecule has 1 fully saturated rings. The average molecular weight is 283 g/mol. The van der Waals surface area contributed by atoms with E-state index in [-0.39, 0.29) is 16.6 Å². The molecule has 102 valence electrons. The molecule has 0 bridgehead atoms. The standard InChI is InChI=1S/C12H14FN3O2S/c1-19(17,18)12-14-7-11-9(13)6-10(16(11)15-12)8-4-2-3-5-8/h6-8H,2-5H2,1H3. The minimum Gasteiger partial charge on any atom is -0.230 e. The minimum atomic E-state index is -3.49. The molecule has 0 aromatic carbocycles. The van der Waals surface area contributed by atoms with Crippen LogP contribution in [0.15, 0.2) is 17.4 Å². The molecular weight excluding hydrogens is 269 g/mol. The fourth-order valence-corrected chi connectivity index (χ4v) is 3.12. The fraction of sp³-hybridized carbons (Fsp3) is 0.500. The molecule has 1 aliphatic carbocycles. The lowest BCUT2D eigenvalue weighted by atomic mass is 10.1. The van der Waals surface area contributed by atoms with E-state index in [1.165, 1.54) is 16.8 Å². The van der Waals surface area contributed by atoms with Crippen molar-refractivity contribution in [3.8, 4) is 0 Å². The third-order valence-corrected chi connectivity index (χ3v) is 4.43. The third kappa shape index (κ3) is 2.11. The number of fused-ring (bicyclic) bond motifs is 1. The molecule has 0 atom stereocenters. The van der Waals surface area contributed by atoms with Gasteiger partial charge in [0.15, 0.2) is 5.82 Å². The summed E-state index contributed by atoms with van der Waals surface area (Å²) in [6.07, 6.45) is 6.49. The van der Waals surface area contributed by atoms with Gasteiger partial charge in [-0.15, -0.1) is 5.10 Å². The van der Waals surface area contributed by atoms with Gasteiger partial charge in [-0.05, 0) is 18.9 Å². The van der Waals surface area contributed by atoms with Gasteiger partial charge < -0.3 is 0 Å². The lowest BCUT2D eigenvalue weighted by molar-refractivity contribution is 0.581. The van der Waals surface area contributed by atoms with Crippen molar-refractivity contribution < 1.29 is 12.8 Å². The molecule has 2 aromatic heterocycles. The highest BCUT2D eigenvalue weighted by Gasteiger charge is 2.24. The molecule has 0 aliphatic heterocycles. The number of hydrogen-bond acceptors (Lipinski definition) is 4. The summed E-state index contributed by atoms with van der Waals surface area (Å²) in [5, 5.41) is 3.72. The Kier molecular flexibility index (Phi) is 2.81. The summed E-state index contributed by atoms with van der Waals surface area (Å²) in [7, 11) is -3.49. The molecular formula is C12H14FN3O2S. The Morgan fingerprint density at radius 2 is 2.05 bits per heavy atom. The van der Waals surface area contributed by atoms with Crippen LogP contribution in [0.4, 0.5) is 4.39 Å². The summed E-state index contributed by atoms with van der Waals surface area (Å²) in [6, 6.07) is 1.45. The lowest BCUT2D eigenvalue weighted by Gasteiger charge is -2.08. The van der Waals surface area contributed by atoms with Gasteiger partial charge in [0.05, 0.1) is 6.20 Å². The van der Waals surface area contributed by atoms with Crippen molar-refractivity contribution >= 4 is 15.4 Å². The molecule has 2 aromatic rings. The molecule has 1 saturated carbocycles. The summed E-state index contributed by atoms with van der Waals surface area (Å²) in [5.74, 6) is -0.152. The van der Waals surface area contributed by atoms with E-state index in [1.807, 2.05) is 0 Å². The van der Waals surface area contributed by atoms with Gasteiger partial charge in [-0.1, -0.05) is 12.8 Å². The molecule has 0 unspecified atom stereocenters. The predicted octanol–water partition coefficient (Wildman–Crippen LogP) is 1.93. The molecule has 0 N–H and O–H groups in total. The van der Waals surface area contributed by atoms with Crippen LogP contribution in [0.5, 0.6) is 0 Å². The Bertz CT molecular complexity index is 733. The van der Waals surface area contributed by atoms with E-state index in [0.717, 1.165) is 37.6 Å². The molecule has 5 nitrogen and oxygen atoms in total. The number of hydrogen-bond donors (Lipinski definition) is 0. The van der Waals surface area contributed by atoms with Gasteiger partial charge in [0, 0.05) is 17.9 Å². The summed E-state index contributed by atoms with van der Waals surface area (Å²) in [6.45, 7) is 0. The number of nitrogens with zero attached hydrogens (tertiary/aromatic N) is 3. The Hall–Kier alpha value is -1.50. The van der Waals surface area contributed by atoms with E-state index in [1.54, 1.807) is 0 Å². The van der Waals surface area contributed by atoms with Gasteiger partial charge in [-0.2, -0.15) is 0 Å². The Labute approximate surface area is 110 Å². The largest absolute Gasteiger partial charge is 0.265 e. The lowest BCUT2D eigenvalue weighted by Crippen LogP contribution is -2.10. The first-order valence-electron chi connectivity index (χ1n) is 6.21. The van der Waals surface area contributed by atoms with Crippen molar-refractivity contribution in [2.24, 2.45) is 0 Å². The summed E-state index contributed by atoms with van der Waals surface area (Å²) < 4.78 is 38.2. The number of aromatic nitrogens is 3. The van der Waals surface area contributed by atoms with E-state index in [2.05, 4.69) is 10.1 Å². The Morgan fingerprint density at radius 1 is 1.37 bits per heavy atom. The molecule has 7 heteroatoms. The van der Waals surface area contributed by atoms with Crippen molar-refractivity contribution in [3.63, 3.8) is 0 Å². The highest BCUT2D eigenvalue weighted by atomic mass is 32.2. The van der Waals surface area contributed by atoms with Gasteiger partial charge in [0.25, 0.3) is 5.16 Å². The second-order valence-corrected chi connectivity index (χ2v) is 6.92. The monoisotopic (exact) mass is 283 g/mol. The predicted molar refractivity (Wildman–Crippen MR) is 67.3 cm³/mol. The summed E-state index contributed by atoms with van der Waals surface area (Å²) in [4.78, 5) is 3.72. The van der Waals surface area contributed by atoms with Crippen LogP contribution in [-0.4, -0.2) is 29.3 Å². The van der Waals surface area contributed by atoms with Gasteiger partial charge in [0.1, 0.15) is 5.52 Å². The zero-order valence-electron chi connectivity index (χ0n) is 10.5. The van der Waals surface area contributed by atoms with Crippen LogP contribution in [-0.2, 0) is 9.84 Å². The van der Waals surface area contributed by atoms with Crippen LogP contribution in [0.2, 0.25) is 0 Å². The molecule has 0 saturated heterocycles. The van der Waals surface area contributed by atoms with Crippen LogP contribution in [0.25, 0.3) is 5.52 Å².